The second kappa shape index (κ2) is 7.66. The van der Waals surface area contributed by atoms with Gasteiger partial charge in [-0.2, -0.15) is 0 Å². The highest BCUT2D eigenvalue weighted by atomic mass is 16.5. The molecular weight excluding hydrogens is 330 g/mol. The number of imide groups is 1. The third-order valence-electron chi connectivity index (χ3n) is 5.76. The first-order valence-corrected chi connectivity index (χ1v) is 9.39. The molecule has 0 saturated carbocycles. The summed E-state index contributed by atoms with van der Waals surface area (Å²) in [4.78, 5) is 30.9. The monoisotopic (exact) mass is 359 g/mol. The van der Waals surface area contributed by atoms with E-state index in [2.05, 4.69) is 28.9 Å². The number of benzene rings is 1. The number of hydrogen-bond donors (Lipinski definition) is 0. The Morgan fingerprint density at radius 3 is 2.08 bits per heavy atom. The molecule has 0 aliphatic carbocycles. The van der Waals surface area contributed by atoms with Crippen LogP contribution < -0.4 is 9.64 Å². The van der Waals surface area contributed by atoms with Crippen LogP contribution in [0.5, 0.6) is 5.75 Å². The van der Waals surface area contributed by atoms with Gasteiger partial charge < -0.3 is 9.64 Å². The molecule has 0 unspecified atom stereocenters. The number of rotatable bonds is 5. The molecule has 2 aliphatic rings. The molecule has 6 heteroatoms. The first kappa shape index (κ1) is 18.7. The van der Waals surface area contributed by atoms with Gasteiger partial charge in [-0.1, -0.05) is 13.8 Å². The number of amides is 2. The average molecular weight is 359 g/mol. The Bertz CT molecular complexity index is 633. The molecule has 2 fully saturated rings. The fourth-order valence-corrected chi connectivity index (χ4v) is 3.67. The fourth-order valence-electron chi connectivity index (χ4n) is 3.67. The highest BCUT2D eigenvalue weighted by molar-refractivity contribution is 5.98. The summed E-state index contributed by atoms with van der Waals surface area (Å²) in [5, 5.41) is 0. The molecule has 2 amide bonds. The summed E-state index contributed by atoms with van der Waals surface area (Å²) in [7, 11) is 1.67. The molecule has 2 aliphatic heterocycles. The van der Waals surface area contributed by atoms with Crippen molar-refractivity contribution in [3.63, 3.8) is 0 Å². The van der Waals surface area contributed by atoms with Gasteiger partial charge in [0.05, 0.1) is 13.8 Å². The van der Waals surface area contributed by atoms with E-state index in [1.54, 1.807) is 7.11 Å². The number of piperidine rings is 1. The van der Waals surface area contributed by atoms with Crippen molar-refractivity contribution in [2.75, 3.05) is 44.9 Å². The largest absolute Gasteiger partial charge is 0.497 e. The highest BCUT2D eigenvalue weighted by Crippen LogP contribution is 2.35. The number of ether oxygens (including phenoxy) is 1. The molecule has 26 heavy (non-hydrogen) atoms. The molecule has 3 rings (SSSR count). The predicted molar refractivity (Wildman–Crippen MR) is 101 cm³/mol. The Kier molecular flexibility index (Phi) is 5.51. The van der Waals surface area contributed by atoms with Gasteiger partial charge in [0.25, 0.3) is 0 Å². The summed E-state index contributed by atoms with van der Waals surface area (Å²) in [6, 6.07) is 8.07. The number of piperazine rings is 1. The highest BCUT2D eigenvalue weighted by Gasteiger charge is 2.39. The van der Waals surface area contributed by atoms with Gasteiger partial charge in [0.15, 0.2) is 0 Å². The Morgan fingerprint density at radius 2 is 1.58 bits per heavy atom. The van der Waals surface area contributed by atoms with Crippen LogP contribution in [-0.4, -0.2) is 61.6 Å². The molecule has 0 bridgehead atoms. The zero-order valence-corrected chi connectivity index (χ0v) is 16.0. The molecule has 0 spiro atoms. The Hall–Kier alpha value is -2.08. The third kappa shape index (κ3) is 4.01. The number of carbonyl (C=O) groups excluding carboxylic acids is 2. The van der Waals surface area contributed by atoms with Gasteiger partial charge in [0, 0.05) is 44.7 Å². The summed E-state index contributed by atoms with van der Waals surface area (Å²) in [6.45, 7) is 7.96. The molecule has 142 valence electrons. The molecule has 6 nitrogen and oxygen atoms in total. The lowest BCUT2D eigenvalue weighted by Crippen LogP contribution is -2.55. The van der Waals surface area contributed by atoms with Crippen LogP contribution >= 0.6 is 0 Å². The minimum absolute atomic E-state index is 0.0248. The van der Waals surface area contributed by atoms with Crippen molar-refractivity contribution < 1.29 is 14.3 Å². The van der Waals surface area contributed by atoms with E-state index in [0.29, 0.717) is 19.5 Å². The Labute approximate surface area is 155 Å². The maximum Gasteiger partial charge on any atom is 0.230 e. The molecule has 0 atom stereocenters. The van der Waals surface area contributed by atoms with E-state index in [4.69, 9.17) is 4.74 Å². The summed E-state index contributed by atoms with van der Waals surface area (Å²) < 4.78 is 5.20. The van der Waals surface area contributed by atoms with Crippen LogP contribution in [0.15, 0.2) is 24.3 Å². The molecule has 0 aromatic heterocycles. The molecule has 0 radical (unpaired) electrons. The van der Waals surface area contributed by atoms with Crippen molar-refractivity contribution in [1.82, 2.24) is 9.80 Å². The minimum atomic E-state index is -0.169. The van der Waals surface area contributed by atoms with Gasteiger partial charge in [-0.3, -0.25) is 19.4 Å². The van der Waals surface area contributed by atoms with Gasteiger partial charge in [-0.25, -0.2) is 0 Å². The summed E-state index contributed by atoms with van der Waals surface area (Å²) in [5.74, 6) is 0.806. The zero-order valence-electron chi connectivity index (χ0n) is 16.0. The molecule has 2 heterocycles. The van der Waals surface area contributed by atoms with Crippen LogP contribution in [0.1, 0.15) is 33.1 Å². The molecule has 2 saturated heterocycles. The normalized spacial score (nSPS) is 21.2. The van der Waals surface area contributed by atoms with E-state index in [1.807, 2.05) is 19.1 Å². The summed E-state index contributed by atoms with van der Waals surface area (Å²) in [6.07, 6.45) is 1.81. The van der Waals surface area contributed by atoms with Crippen LogP contribution in [-0.2, 0) is 9.59 Å². The molecule has 1 aromatic rings. The van der Waals surface area contributed by atoms with Gasteiger partial charge >= 0.3 is 0 Å². The Balaban J connectivity index is 1.54. The standard InChI is InChI=1S/C20H29N3O3/c1-4-20(2)13-18(24)23(19(25)14-20)15-21-9-11-22(12-10-21)16-5-7-17(26-3)8-6-16/h5-8H,4,9-15H2,1-3H3. The van der Waals surface area contributed by atoms with Crippen molar-refractivity contribution in [1.29, 1.82) is 0 Å². The number of carbonyl (C=O) groups is 2. The predicted octanol–water partition coefficient (Wildman–Crippen LogP) is 2.34. The molecule has 1 aromatic carbocycles. The third-order valence-corrected chi connectivity index (χ3v) is 5.76. The Morgan fingerprint density at radius 1 is 1.00 bits per heavy atom. The van der Waals surface area contributed by atoms with Crippen molar-refractivity contribution in [2.24, 2.45) is 5.41 Å². The van der Waals surface area contributed by atoms with Crippen LogP contribution in [0.4, 0.5) is 5.69 Å². The quantitative estimate of drug-likeness (QED) is 0.756. The van der Waals surface area contributed by atoms with E-state index in [0.717, 1.165) is 38.3 Å². The maximum absolute atomic E-state index is 12.5. The second-order valence-corrected chi connectivity index (χ2v) is 7.68. The van der Waals surface area contributed by atoms with E-state index < -0.39 is 0 Å². The van der Waals surface area contributed by atoms with E-state index in [1.165, 1.54) is 10.6 Å². The maximum atomic E-state index is 12.5. The average Bonchev–Trinajstić information content (AvgIpc) is 2.65. The summed E-state index contributed by atoms with van der Waals surface area (Å²) in [5.41, 5.74) is 1.01. The van der Waals surface area contributed by atoms with Gasteiger partial charge in [0.2, 0.25) is 11.8 Å². The van der Waals surface area contributed by atoms with E-state index in [-0.39, 0.29) is 17.2 Å². The van der Waals surface area contributed by atoms with Crippen molar-refractivity contribution >= 4 is 17.5 Å². The van der Waals surface area contributed by atoms with Crippen LogP contribution in [0.3, 0.4) is 0 Å². The van der Waals surface area contributed by atoms with E-state index in [9.17, 15) is 9.59 Å². The van der Waals surface area contributed by atoms with Crippen molar-refractivity contribution in [2.45, 2.75) is 33.1 Å². The van der Waals surface area contributed by atoms with Crippen LogP contribution in [0.2, 0.25) is 0 Å². The van der Waals surface area contributed by atoms with Gasteiger partial charge in [-0.15, -0.1) is 0 Å². The number of methoxy groups -OCH3 is 1. The van der Waals surface area contributed by atoms with Crippen LogP contribution in [0.25, 0.3) is 0 Å². The number of nitrogens with zero attached hydrogens (tertiary/aromatic N) is 3. The lowest BCUT2D eigenvalue weighted by Gasteiger charge is -2.41. The molecule has 0 N–H and O–H groups in total. The van der Waals surface area contributed by atoms with Crippen LogP contribution in [0, 0.1) is 5.41 Å². The van der Waals surface area contributed by atoms with Crippen molar-refractivity contribution in [3.05, 3.63) is 24.3 Å². The lowest BCUT2D eigenvalue weighted by molar-refractivity contribution is -0.155. The smallest absolute Gasteiger partial charge is 0.230 e. The number of hydrogen-bond acceptors (Lipinski definition) is 5. The van der Waals surface area contributed by atoms with Gasteiger partial charge in [0.1, 0.15) is 5.75 Å². The van der Waals surface area contributed by atoms with E-state index >= 15 is 0 Å². The minimum Gasteiger partial charge on any atom is -0.497 e. The topological polar surface area (TPSA) is 53.1 Å². The van der Waals surface area contributed by atoms with Gasteiger partial charge in [-0.05, 0) is 36.1 Å². The number of likely N-dealkylation sites (tertiary alicyclic amines) is 1. The lowest BCUT2D eigenvalue weighted by atomic mass is 9.77. The second-order valence-electron chi connectivity index (χ2n) is 7.68. The summed E-state index contributed by atoms with van der Waals surface area (Å²) >= 11 is 0. The van der Waals surface area contributed by atoms with Crippen molar-refractivity contribution in [3.8, 4) is 5.75 Å². The fraction of sp³-hybridized carbons (Fsp3) is 0.600. The number of anilines is 1. The first-order chi connectivity index (χ1) is 12.4. The first-order valence-electron chi connectivity index (χ1n) is 9.39. The molecular formula is C20H29N3O3. The zero-order chi connectivity index (χ0) is 18.7. The SMILES string of the molecule is CCC1(C)CC(=O)N(CN2CCN(c3ccc(OC)cc3)CC2)C(=O)C1.